The lowest BCUT2D eigenvalue weighted by Crippen LogP contribution is -2.50. The van der Waals surface area contributed by atoms with E-state index in [4.69, 9.17) is 23.2 Å². The van der Waals surface area contributed by atoms with Crippen LogP contribution >= 0.6 is 23.2 Å². The van der Waals surface area contributed by atoms with Gasteiger partial charge in [-0.1, -0.05) is 59.6 Å². The standard InChI is InChI=1S/C26H32Cl2F3N3O3S/c1-25(19-9-10-21(27)22(28)17-19,13-16-34-14-11-20(12-15-34)33(2)38(3,36)37)24(35)32-23(26(29,30)31)18-7-5-4-6-8-18/h4-10,17,20,23H,11-16H2,1-3H3,(H,32,35). The molecule has 1 aliphatic rings. The molecule has 2 unspecified atom stereocenters. The van der Waals surface area contributed by atoms with Crippen LogP contribution in [-0.4, -0.2) is 68.7 Å². The van der Waals surface area contributed by atoms with Gasteiger partial charge in [0, 0.05) is 13.1 Å². The van der Waals surface area contributed by atoms with Gasteiger partial charge in [0.05, 0.1) is 21.7 Å². The first kappa shape index (κ1) is 30.7. The predicted octanol–water partition coefficient (Wildman–Crippen LogP) is 5.42. The quantitative estimate of drug-likeness (QED) is 0.422. The molecule has 1 aliphatic heterocycles. The molecule has 0 aromatic heterocycles. The van der Waals surface area contributed by atoms with E-state index in [1.807, 2.05) is 0 Å². The summed E-state index contributed by atoms with van der Waals surface area (Å²) in [5, 5.41) is 2.71. The number of hydrogen-bond acceptors (Lipinski definition) is 4. The Morgan fingerprint density at radius 2 is 1.71 bits per heavy atom. The second-order valence-electron chi connectivity index (χ2n) is 9.92. The molecule has 1 fully saturated rings. The van der Waals surface area contributed by atoms with E-state index in [0.29, 0.717) is 38.0 Å². The maximum absolute atomic E-state index is 14.0. The van der Waals surface area contributed by atoms with Crippen LogP contribution in [0.4, 0.5) is 13.2 Å². The van der Waals surface area contributed by atoms with Crippen molar-refractivity contribution < 1.29 is 26.4 Å². The Morgan fingerprint density at radius 1 is 1.11 bits per heavy atom. The molecule has 12 heteroatoms. The molecule has 2 atom stereocenters. The fraction of sp³-hybridized carbons (Fsp3) is 0.500. The van der Waals surface area contributed by atoms with Crippen LogP contribution < -0.4 is 5.32 Å². The van der Waals surface area contributed by atoms with Gasteiger partial charge in [-0.3, -0.25) is 4.79 Å². The number of carbonyl (C=O) groups excluding carboxylic acids is 1. The number of alkyl halides is 3. The number of nitrogens with one attached hydrogen (secondary N) is 1. The van der Waals surface area contributed by atoms with Crippen molar-refractivity contribution in [2.24, 2.45) is 0 Å². The summed E-state index contributed by atoms with van der Waals surface area (Å²) in [5.41, 5.74) is -0.973. The lowest BCUT2D eigenvalue weighted by atomic mass is 9.78. The summed E-state index contributed by atoms with van der Waals surface area (Å²) in [6, 6.07) is 9.58. The number of likely N-dealkylation sites (tertiary alicyclic amines) is 1. The van der Waals surface area contributed by atoms with Crippen molar-refractivity contribution in [3.05, 3.63) is 69.7 Å². The summed E-state index contributed by atoms with van der Waals surface area (Å²) in [5.74, 6) is -0.784. The maximum Gasteiger partial charge on any atom is 0.412 e. The number of benzene rings is 2. The minimum Gasteiger partial charge on any atom is -0.340 e. The first-order valence-corrected chi connectivity index (χ1v) is 14.8. The number of piperidine rings is 1. The van der Waals surface area contributed by atoms with Crippen LogP contribution in [0.15, 0.2) is 48.5 Å². The van der Waals surface area contributed by atoms with Gasteiger partial charge in [0.1, 0.15) is 0 Å². The van der Waals surface area contributed by atoms with Crippen molar-refractivity contribution in [3.63, 3.8) is 0 Å². The largest absolute Gasteiger partial charge is 0.412 e. The fourth-order valence-electron chi connectivity index (χ4n) is 4.68. The van der Waals surface area contributed by atoms with Gasteiger partial charge in [-0.25, -0.2) is 12.7 Å². The zero-order valence-corrected chi connectivity index (χ0v) is 23.8. The molecule has 0 spiro atoms. The van der Waals surface area contributed by atoms with Crippen LogP contribution in [0.3, 0.4) is 0 Å². The van der Waals surface area contributed by atoms with Crippen molar-refractivity contribution in [2.45, 2.75) is 49.9 Å². The Balaban J connectivity index is 1.83. The highest BCUT2D eigenvalue weighted by atomic mass is 35.5. The average Bonchev–Trinajstić information content (AvgIpc) is 2.86. The molecule has 2 aromatic rings. The molecule has 6 nitrogen and oxygen atoms in total. The summed E-state index contributed by atoms with van der Waals surface area (Å²) in [7, 11) is -1.75. The molecule has 1 heterocycles. The fourth-order valence-corrected chi connectivity index (χ4v) is 5.73. The van der Waals surface area contributed by atoms with Gasteiger partial charge in [0.25, 0.3) is 0 Å². The molecule has 0 aliphatic carbocycles. The second-order valence-corrected chi connectivity index (χ2v) is 12.8. The molecule has 0 saturated carbocycles. The van der Waals surface area contributed by atoms with Crippen LogP contribution in [0.1, 0.15) is 43.4 Å². The van der Waals surface area contributed by atoms with E-state index in [2.05, 4.69) is 10.2 Å². The highest BCUT2D eigenvalue weighted by Gasteiger charge is 2.45. The van der Waals surface area contributed by atoms with E-state index >= 15 is 0 Å². The average molecular weight is 595 g/mol. The molecule has 1 saturated heterocycles. The zero-order valence-electron chi connectivity index (χ0n) is 21.4. The molecule has 2 aromatic carbocycles. The Bertz CT molecular complexity index is 1220. The minimum absolute atomic E-state index is 0.0677. The van der Waals surface area contributed by atoms with Crippen LogP contribution in [-0.2, 0) is 20.2 Å². The van der Waals surface area contributed by atoms with Gasteiger partial charge in [-0.2, -0.15) is 13.2 Å². The van der Waals surface area contributed by atoms with Crippen LogP contribution in [0, 0.1) is 0 Å². The molecule has 1 amide bonds. The molecule has 210 valence electrons. The van der Waals surface area contributed by atoms with Gasteiger partial charge >= 0.3 is 6.18 Å². The van der Waals surface area contributed by atoms with Gasteiger partial charge in [0.15, 0.2) is 6.04 Å². The van der Waals surface area contributed by atoms with Crippen LogP contribution in [0.5, 0.6) is 0 Å². The number of rotatable bonds is 9. The summed E-state index contributed by atoms with van der Waals surface area (Å²) < 4.78 is 67.2. The number of amides is 1. The lowest BCUT2D eigenvalue weighted by molar-refractivity contribution is -0.165. The topological polar surface area (TPSA) is 69.7 Å². The van der Waals surface area contributed by atoms with E-state index in [1.54, 1.807) is 26.1 Å². The lowest BCUT2D eigenvalue weighted by Gasteiger charge is -2.38. The Morgan fingerprint density at radius 3 is 2.24 bits per heavy atom. The normalized spacial score (nSPS) is 18.2. The van der Waals surface area contributed by atoms with Crippen molar-refractivity contribution in [1.82, 2.24) is 14.5 Å². The van der Waals surface area contributed by atoms with E-state index in [9.17, 15) is 26.4 Å². The summed E-state index contributed by atoms with van der Waals surface area (Å²) in [4.78, 5) is 15.7. The highest BCUT2D eigenvalue weighted by Crippen LogP contribution is 2.37. The Labute approximate surface area is 232 Å². The van der Waals surface area contributed by atoms with Gasteiger partial charge in [-0.15, -0.1) is 0 Å². The van der Waals surface area contributed by atoms with Crippen LogP contribution in [0.2, 0.25) is 10.0 Å². The van der Waals surface area contributed by atoms with Crippen LogP contribution in [0.25, 0.3) is 0 Å². The summed E-state index contributed by atoms with van der Waals surface area (Å²) in [6.07, 6.45) is -2.09. The van der Waals surface area contributed by atoms with Crippen molar-refractivity contribution >= 4 is 39.1 Å². The molecule has 0 radical (unpaired) electrons. The van der Waals surface area contributed by atoms with Crippen molar-refractivity contribution in [3.8, 4) is 0 Å². The number of carbonyl (C=O) groups is 1. The van der Waals surface area contributed by atoms with Crippen molar-refractivity contribution in [2.75, 3.05) is 32.9 Å². The van der Waals surface area contributed by atoms with Gasteiger partial charge in [-0.05, 0) is 69.1 Å². The van der Waals surface area contributed by atoms with E-state index < -0.39 is 33.6 Å². The minimum atomic E-state index is -4.71. The first-order chi connectivity index (χ1) is 17.6. The van der Waals surface area contributed by atoms with E-state index in [-0.39, 0.29) is 28.1 Å². The molecule has 1 N–H and O–H groups in total. The predicted molar refractivity (Wildman–Crippen MR) is 144 cm³/mol. The molecule has 3 rings (SSSR count). The molecule has 38 heavy (non-hydrogen) atoms. The van der Waals surface area contributed by atoms with Gasteiger partial charge < -0.3 is 10.2 Å². The van der Waals surface area contributed by atoms with E-state index in [1.165, 1.54) is 47.0 Å². The van der Waals surface area contributed by atoms with Gasteiger partial charge in [0.2, 0.25) is 15.9 Å². The van der Waals surface area contributed by atoms with Crippen molar-refractivity contribution in [1.29, 1.82) is 0 Å². The maximum atomic E-state index is 14.0. The number of halogens is 5. The highest BCUT2D eigenvalue weighted by molar-refractivity contribution is 7.88. The smallest absolute Gasteiger partial charge is 0.340 e. The summed E-state index contributed by atoms with van der Waals surface area (Å²) in [6.45, 7) is 3.21. The number of hydrogen-bond donors (Lipinski definition) is 1. The zero-order chi connectivity index (χ0) is 28.3. The third-order valence-corrected chi connectivity index (χ3v) is 9.40. The molecular formula is C26H32Cl2F3N3O3S. The molecular weight excluding hydrogens is 562 g/mol. The Hall–Kier alpha value is -1.85. The third-order valence-electron chi connectivity index (χ3n) is 7.32. The number of nitrogens with zero attached hydrogens (tertiary/aromatic N) is 2. The summed E-state index contributed by atoms with van der Waals surface area (Å²) >= 11 is 12.3. The first-order valence-electron chi connectivity index (χ1n) is 12.2. The van der Waals surface area contributed by atoms with E-state index in [0.717, 1.165) is 0 Å². The number of sulfonamides is 1. The second kappa shape index (κ2) is 12.1. The Kier molecular flexibility index (Phi) is 9.79. The third kappa shape index (κ3) is 7.41. The SMILES string of the molecule is CN(C1CCN(CCC(C)(C(=O)NC(c2ccccc2)C(F)(F)F)c2ccc(Cl)c(Cl)c2)CC1)S(C)(=O)=O. The monoisotopic (exact) mass is 593 g/mol. The molecule has 0 bridgehead atoms.